The largest absolute Gasteiger partial charge is 0.465 e. The zero-order valence-corrected chi connectivity index (χ0v) is 12.9. The predicted molar refractivity (Wildman–Crippen MR) is 75.2 cm³/mol. The molecule has 0 bridgehead atoms. The topological polar surface area (TPSA) is 52.6 Å². The van der Waals surface area contributed by atoms with Crippen LogP contribution < -0.4 is 0 Å². The predicted octanol–water partition coefficient (Wildman–Crippen LogP) is 2.48. The highest BCUT2D eigenvalue weighted by molar-refractivity contribution is 5.89. The van der Waals surface area contributed by atoms with Gasteiger partial charge in [0.05, 0.1) is 12.0 Å². The van der Waals surface area contributed by atoms with Gasteiger partial charge in [-0.25, -0.2) is 0 Å². The van der Waals surface area contributed by atoms with Crippen molar-refractivity contribution in [3.8, 4) is 0 Å². The number of allylic oxidation sites excluding steroid dienone is 1. The van der Waals surface area contributed by atoms with Crippen LogP contribution in [0.3, 0.4) is 0 Å². The molecule has 1 aliphatic heterocycles. The van der Waals surface area contributed by atoms with E-state index < -0.39 is 0 Å². The number of hydrogen-bond donors (Lipinski definition) is 0. The van der Waals surface area contributed by atoms with E-state index in [1.807, 2.05) is 0 Å². The molecule has 0 radical (unpaired) electrons. The van der Waals surface area contributed by atoms with E-state index in [-0.39, 0.29) is 28.2 Å². The minimum atomic E-state index is -0.305. The van der Waals surface area contributed by atoms with Gasteiger partial charge in [-0.3, -0.25) is 9.59 Å². The smallest absolute Gasteiger partial charge is 0.317 e. The van der Waals surface area contributed by atoms with Crippen LogP contribution in [0, 0.1) is 28.1 Å². The molecule has 1 spiro atoms. The lowest BCUT2D eigenvalue weighted by Gasteiger charge is -2.32. The van der Waals surface area contributed by atoms with Gasteiger partial charge in [0.25, 0.3) is 0 Å². The van der Waals surface area contributed by atoms with Crippen LogP contribution in [0.5, 0.6) is 0 Å². The molecule has 0 aromatic carbocycles. The molecule has 21 heavy (non-hydrogen) atoms. The second-order valence-electron chi connectivity index (χ2n) is 8.04. The minimum Gasteiger partial charge on any atom is -0.465 e. The number of rotatable bonds is 2. The van der Waals surface area contributed by atoms with E-state index in [0.717, 1.165) is 19.3 Å². The average Bonchev–Trinajstić information content (AvgIpc) is 2.76. The fourth-order valence-corrected chi connectivity index (χ4v) is 5.45. The number of fused-ring (bicyclic) bond motifs is 2. The molecule has 4 rings (SSSR count). The standard InChI is InChI=1S/C17H22O4/c1-10(18)21-9-15(2)5-11-4-12-7-20-14(19)17(12)8-16(17,3)13(11)6-15/h4,11,13H,5-9H2,1-3H3/t11-,13+,15-,16-,17+/m1/s1. The van der Waals surface area contributed by atoms with Crippen LogP contribution in [0.1, 0.15) is 40.0 Å². The molecule has 0 amide bonds. The van der Waals surface area contributed by atoms with Gasteiger partial charge in [0.15, 0.2) is 0 Å². The van der Waals surface area contributed by atoms with Crippen molar-refractivity contribution in [1.29, 1.82) is 0 Å². The summed E-state index contributed by atoms with van der Waals surface area (Å²) in [6.45, 7) is 6.90. The highest BCUT2D eigenvalue weighted by Crippen LogP contribution is 2.79. The fraction of sp³-hybridized carbons (Fsp3) is 0.765. The van der Waals surface area contributed by atoms with Gasteiger partial charge in [-0.2, -0.15) is 0 Å². The van der Waals surface area contributed by atoms with Crippen molar-refractivity contribution in [2.24, 2.45) is 28.1 Å². The first-order valence-corrected chi connectivity index (χ1v) is 7.83. The van der Waals surface area contributed by atoms with Crippen molar-refractivity contribution in [1.82, 2.24) is 0 Å². The van der Waals surface area contributed by atoms with Gasteiger partial charge in [-0.05, 0) is 42.1 Å². The Morgan fingerprint density at radius 2 is 2.19 bits per heavy atom. The van der Waals surface area contributed by atoms with Crippen LogP contribution in [-0.4, -0.2) is 25.2 Å². The summed E-state index contributed by atoms with van der Waals surface area (Å²) in [5.41, 5.74) is 1.00. The maximum atomic E-state index is 12.2. The molecule has 3 aliphatic carbocycles. The summed E-state index contributed by atoms with van der Waals surface area (Å²) in [6, 6.07) is 0. The Morgan fingerprint density at radius 3 is 2.90 bits per heavy atom. The Morgan fingerprint density at radius 1 is 1.43 bits per heavy atom. The van der Waals surface area contributed by atoms with Crippen molar-refractivity contribution in [3.05, 3.63) is 11.6 Å². The number of carbonyl (C=O) groups is 2. The number of ether oxygens (including phenoxy) is 2. The van der Waals surface area contributed by atoms with Crippen LogP contribution in [0.15, 0.2) is 11.6 Å². The maximum absolute atomic E-state index is 12.2. The van der Waals surface area contributed by atoms with Crippen LogP contribution >= 0.6 is 0 Å². The Bertz CT molecular complexity index is 579. The first-order chi connectivity index (χ1) is 9.81. The SMILES string of the molecule is CC(=O)OC[C@]1(C)C[C@H]2C=C3COC(=O)[C@]34C[C@]4(C)[C@H]2C1. The van der Waals surface area contributed by atoms with Gasteiger partial charge < -0.3 is 9.47 Å². The number of esters is 2. The third-order valence-electron chi connectivity index (χ3n) is 6.55. The molecule has 1 saturated heterocycles. The molecule has 3 fully saturated rings. The third kappa shape index (κ3) is 1.51. The summed E-state index contributed by atoms with van der Waals surface area (Å²) in [5.74, 6) is 0.783. The number of hydrogen-bond acceptors (Lipinski definition) is 4. The van der Waals surface area contributed by atoms with Gasteiger partial charge in [0.1, 0.15) is 6.61 Å². The van der Waals surface area contributed by atoms with Crippen LogP contribution in [0.25, 0.3) is 0 Å². The van der Waals surface area contributed by atoms with E-state index in [2.05, 4.69) is 19.9 Å². The van der Waals surface area contributed by atoms with Gasteiger partial charge in [0, 0.05) is 12.3 Å². The summed E-state index contributed by atoms with van der Waals surface area (Å²) < 4.78 is 10.6. The molecular weight excluding hydrogens is 268 g/mol. The Hall–Kier alpha value is -1.32. The molecule has 4 aliphatic rings. The van der Waals surface area contributed by atoms with Crippen molar-refractivity contribution >= 4 is 11.9 Å². The average molecular weight is 290 g/mol. The molecule has 4 heteroatoms. The monoisotopic (exact) mass is 290 g/mol. The minimum absolute atomic E-state index is 0.0108. The zero-order chi connectivity index (χ0) is 15.0. The number of cyclic esters (lactones) is 1. The lowest BCUT2D eigenvalue weighted by molar-refractivity contribution is -0.144. The van der Waals surface area contributed by atoms with Crippen molar-refractivity contribution < 1.29 is 19.1 Å². The van der Waals surface area contributed by atoms with Crippen molar-refractivity contribution in [2.75, 3.05) is 13.2 Å². The molecule has 0 aromatic rings. The second kappa shape index (κ2) is 3.71. The number of carbonyl (C=O) groups excluding carboxylic acids is 2. The summed E-state index contributed by atoms with van der Waals surface area (Å²) in [7, 11) is 0. The van der Waals surface area contributed by atoms with Gasteiger partial charge in [-0.15, -0.1) is 0 Å². The summed E-state index contributed by atoms with van der Waals surface area (Å²) >= 11 is 0. The lowest BCUT2D eigenvalue weighted by Crippen LogP contribution is -2.31. The lowest BCUT2D eigenvalue weighted by atomic mass is 9.70. The molecule has 0 aromatic heterocycles. The first kappa shape index (κ1) is 13.4. The van der Waals surface area contributed by atoms with Crippen LogP contribution in [-0.2, 0) is 19.1 Å². The molecule has 114 valence electrons. The van der Waals surface area contributed by atoms with E-state index >= 15 is 0 Å². The molecular formula is C17H22O4. The highest BCUT2D eigenvalue weighted by atomic mass is 16.5. The second-order valence-corrected chi connectivity index (χ2v) is 8.04. The molecule has 0 N–H and O–H groups in total. The summed E-state index contributed by atoms with van der Waals surface area (Å²) in [4.78, 5) is 23.3. The Balaban J connectivity index is 1.62. The zero-order valence-electron chi connectivity index (χ0n) is 12.9. The highest BCUT2D eigenvalue weighted by Gasteiger charge is 2.79. The van der Waals surface area contributed by atoms with E-state index in [9.17, 15) is 9.59 Å². The summed E-state index contributed by atoms with van der Waals surface area (Å²) in [5, 5.41) is 0. The molecule has 1 heterocycles. The van der Waals surface area contributed by atoms with Crippen molar-refractivity contribution in [2.45, 2.75) is 40.0 Å². The Kier molecular flexibility index (Phi) is 2.36. The van der Waals surface area contributed by atoms with E-state index in [1.165, 1.54) is 12.5 Å². The van der Waals surface area contributed by atoms with Gasteiger partial charge in [-0.1, -0.05) is 19.9 Å². The first-order valence-electron chi connectivity index (χ1n) is 7.83. The van der Waals surface area contributed by atoms with Crippen LogP contribution in [0.2, 0.25) is 0 Å². The third-order valence-corrected chi connectivity index (χ3v) is 6.55. The van der Waals surface area contributed by atoms with Gasteiger partial charge in [0.2, 0.25) is 0 Å². The van der Waals surface area contributed by atoms with E-state index in [4.69, 9.17) is 9.47 Å². The molecule has 4 nitrogen and oxygen atoms in total. The van der Waals surface area contributed by atoms with E-state index in [1.54, 1.807) is 0 Å². The molecule has 2 saturated carbocycles. The van der Waals surface area contributed by atoms with Crippen molar-refractivity contribution in [3.63, 3.8) is 0 Å². The summed E-state index contributed by atoms with van der Waals surface area (Å²) in [6.07, 6.45) is 5.31. The fourth-order valence-electron chi connectivity index (χ4n) is 5.45. The quantitative estimate of drug-likeness (QED) is 0.579. The Labute approximate surface area is 124 Å². The van der Waals surface area contributed by atoms with Crippen LogP contribution in [0.4, 0.5) is 0 Å². The maximum Gasteiger partial charge on any atom is 0.317 e. The molecule has 0 unspecified atom stereocenters. The van der Waals surface area contributed by atoms with E-state index in [0.29, 0.717) is 25.0 Å². The normalized spacial score (nSPS) is 49.7. The van der Waals surface area contributed by atoms with Gasteiger partial charge >= 0.3 is 11.9 Å². The molecule has 5 atom stereocenters.